The van der Waals surface area contributed by atoms with Gasteiger partial charge in [0.15, 0.2) is 0 Å². The Morgan fingerprint density at radius 2 is 1.70 bits per heavy atom. The molecule has 0 heterocycles. The first-order valence-electron chi connectivity index (χ1n) is 9.06. The number of amides is 2. The van der Waals surface area contributed by atoms with Crippen LogP contribution in [0.2, 0.25) is 0 Å². The van der Waals surface area contributed by atoms with E-state index in [0.29, 0.717) is 16.9 Å². The molecule has 0 aromatic heterocycles. The monoisotopic (exact) mass is 421 g/mol. The topological polar surface area (TPSA) is 101 Å². The predicted molar refractivity (Wildman–Crippen MR) is 118 cm³/mol. The molecule has 0 bridgehead atoms. The van der Waals surface area contributed by atoms with Crippen molar-refractivity contribution < 1.29 is 14.5 Å². The molecule has 0 unspecified atom stereocenters. The van der Waals surface area contributed by atoms with Crippen molar-refractivity contribution in [2.75, 3.05) is 16.4 Å². The van der Waals surface area contributed by atoms with E-state index in [1.165, 1.54) is 23.9 Å². The SMILES string of the molecule is Cc1cccc(NC(=O)c2ccccc2NC(=O)CSc2ccc([N+](=O)[O-])cc2)c1. The first-order chi connectivity index (χ1) is 14.4. The quantitative estimate of drug-likeness (QED) is 0.321. The highest BCUT2D eigenvalue weighted by atomic mass is 32.2. The Morgan fingerprint density at radius 1 is 0.967 bits per heavy atom. The molecule has 30 heavy (non-hydrogen) atoms. The molecule has 0 saturated heterocycles. The molecule has 0 aliphatic rings. The number of nitrogens with one attached hydrogen (secondary N) is 2. The number of nitro benzene ring substituents is 1. The molecule has 7 nitrogen and oxygen atoms in total. The second kappa shape index (κ2) is 9.71. The van der Waals surface area contributed by atoms with Gasteiger partial charge in [0.25, 0.3) is 11.6 Å². The Morgan fingerprint density at radius 3 is 2.40 bits per heavy atom. The Bertz CT molecular complexity index is 1080. The van der Waals surface area contributed by atoms with Crippen molar-refractivity contribution in [3.05, 3.63) is 94.0 Å². The highest BCUT2D eigenvalue weighted by Crippen LogP contribution is 2.23. The lowest BCUT2D eigenvalue weighted by atomic mass is 10.1. The van der Waals surface area contributed by atoms with Crippen LogP contribution in [0.4, 0.5) is 17.1 Å². The Hall–Kier alpha value is -3.65. The fraction of sp³-hybridized carbons (Fsp3) is 0.0909. The molecule has 0 spiro atoms. The van der Waals surface area contributed by atoms with Gasteiger partial charge in [-0.3, -0.25) is 19.7 Å². The average molecular weight is 421 g/mol. The lowest BCUT2D eigenvalue weighted by molar-refractivity contribution is -0.384. The largest absolute Gasteiger partial charge is 0.325 e. The second-order valence-corrected chi connectivity index (χ2v) is 7.51. The van der Waals surface area contributed by atoms with Crippen molar-refractivity contribution in [1.82, 2.24) is 0 Å². The number of hydrogen-bond donors (Lipinski definition) is 2. The molecule has 0 radical (unpaired) electrons. The van der Waals surface area contributed by atoms with Gasteiger partial charge in [0, 0.05) is 22.7 Å². The minimum Gasteiger partial charge on any atom is -0.325 e. The number of thioether (sulfide) groups is 1. The van der Waals surface area contributed by atoms with Crippen LogP contribution in [0.5, 0.6) is 0 Å². The van der Waals surface area contributed by atoms with Gasteiger partial charge in [-0.05, 0) is 48.9 Å². The standard InChI is InChI=1S/C22H19N3O4S/c1-15-5-4-6-16(13-15)23-22(27)19-7-2-3-8-20(19)24-21(26)14-30-18-11-9-17(10-12-18)25(28)29/h2-13H,14H2,1H3,(H,23,27)(H,24,26). The summed E-state index contributed by atoms with van der Waals surface area (Å²) in [5.74, 6) is -0.500. The van der Waals surface area contributed by atoms with Gasteiger partial charge in [-0.15, -0.1) is 11.8 Å². The number of hydrogen-bond acceptors (Lipinski definition) is 5. The molecule has 2 N–H and O–H groups in total. The molecule has 0 aliphatic heterocycles. The third-order valence-electron chi connectivity index (χ3n) is 4.14. The Balaban J connectivity index is 1.63. The zero-order chi connectivity index (χ0) is 21.5. The van der Waals surface area contributed by atoms with E-state index in [4.69, 9.17) is 0 Å². The van der Waals surface area contributed by atoms with Crippen molar-refractivity contribution in [3.8, 4) is 0 Å². The van der Waals surface area contributed by atoms with Gasteiger partial charge >= 0.3 is 0 Å². The summed E-state index contributed by atoms with van der Waals surface area (Å²) in [4.78, 5) is 36.0. The van der Waals surface area contributed by atoms with Crippen molar-refractivity contribution in [3.63, 3.8) is 0 Å². The van der Waals surface area contributed by atoms with Crippen LogP contribution in [0.15, 0.2) is 77.7 Å². The first-order valence-corrected chi connectivity index (χ1v) is 10.0. The summed E-state index contributed by atoms with van der Waals surface area (Å²) in [5, 5.41) is 16.3. The smallest absolute Gasteiger partial charge is 0.269 e. The van der Waals surface area contributed by atoms with E-state index in [2.05, 4.69) is 10.6 Å². The van der Waals surface area contributed by atoms with Crippen LogP contribution in [0.3, 0.4) is 0 Å². The number of carbonyl (C=O) groups is 2. The maximum absolute atomic E-state index is 12.7. The van der Waals surface area contributed by atoms with Crippen LogP contribution in [0.1, 0.15) is 15.9 Å². The summed E-state index contributed by atoms with van der Waals surface area (Å²) < 4.78 is 0. The van der Waals surface area contributed by atoms with E-state index >= 15 is 0 Å². The van der Waals surface area contributed by atoms with E-state index in [-0.39, 0.29) is 23.3 Å². The highest BCUT2D eigenvalue weighted by molar-refractivity contribution is 8.00. The average Bonchev–Trinajstić information content (AvgIpc) is 2.73. The van der Waals surface area contributed by atoms with Crippen molar-refractivity contribution in [2.24, 2.45) is 0 Å². The van der Waals surface area contributed by atoms with Crippen LogP contribution >= 0.6 is 11.8 Å². The minimum absolute atomic E-state index is 0.00245. The van der Waals surface area contributed by atoms with Gasteiger partial charge in [0.1, 0.15) is 0 Å². The van der Waals surface area contributed by atoms with Gasteiger partial charge in [-0.2, -0.15) is 0 Å². The zero-order valence-corrected chi connectivity index (χ0v) is 16.9. The predicted octanol–water partition coefficient (Wildman–Crippen LogP) is 4.89. The fourth-order valence-corrected chi connectivity index (χ4v) is 3.41. The molecular weight excluding hydrogens is 402 g/mol. The molecule has 0 aliphatic carbocycles. The number of non-ortho nitro benzene ring substituents is 1. The normalized spacial score (nSPS) is 10.3. The number of carbonyl (C=O) groups excluding carboxylic acids is 2. The molecule has 0 fully saturated rings. The van der Waals surface area contributed by atoms with E-state index < -0.39 is 4.92 Å². The third-order valence-corrected chi connectivity index (χ3v) is 5.15. The number of rotatable bonds is 7. The summed E-state index contributed by atoms with van der Waals surface area (Å²) in [6, 6.07) is 20.2. The van der Waals surface area contributed by atoms with Gasteiger partial charge in [0.05, 0.1) is 21.9 Å². The van der Waals surface area contributed by atoms with E-state index in [9.17, 15) is 19.7 Å². The van der Waals surface area contributed by atoms with Gasteiger partial charge in [-0.25, -0.2) is 0 Å². The molecule has 0 atom stereocenters. The molecule has 3 aromatic rings. The minimum atomic E-state index is -0.472. The van der Waals surface area contributed by atoms with E-state index in [0.717, 1.165) is 10.5 Å². The van der Waals surface area contributed by atoms with Gasteiger partial charge in [0.2, 0.25) is 5.91 Å². The van der Waals surface area contributed by atoms with Crippen molar-refractivity contribution in [2.45, 2.75) is 11.8 Å². The summed E-state index contributed by atoms with van der Waals surface area (Å²) in [6.45, 7) is 1.94. The molecule has 3 rings (SSSR count). The van der Waals surface area contributed by atoms with Crippen LogP contribution in [-0.4, -0.2) is 22.5 Å². The molecule has 2 amide bonds. The number of nitrogens with zero attached hydrogens (tertiary/aromatic N) is 1. The number of anilines is 2. The lowest BCUT2D eigenvalue weighted by Gasteiger charge is -2.12. The van der Waals surface area contributed by atoms with Crippen molar-refractivity contribution in [1.29, 1.82) is 0 Å². The lowest BCUT2D eigenvalue weighted by Crippen LogP contribution is -2.19. The van der Waals surface area contributed by atoms with E-state index in [1.807, 2.05) is 25.1 Å². The molecule has 0 saturated carbocycles. The maximum atomic E-state index is 12.7. The summed E-state index contributed by atoms with van der Waals surface area (Å²) in [7, 11) is 0. The Labute approximate surface area is 177 Å². The summed E-state index contributed by atoms with van der Waals surface area (Å²) in [5.41, 5.74) is 2.47. The second-order valence-electron chi connectivity index (χ2n) is 6.46. The van der Waals surface area contributed by atoms with Gasteiger partial charge < -0.3 is 10.6 Å². The van der Waals surface area contributed by atoms with Crippen LogP contribution in [-0.2, 0) is 4.79 Å². The summed E-state index contributed by atoms with van der Waals surface area (Å²) >= 11 is 1.25. The summed E-state index contributed by atoms with van der Waals surface area (Å²) in [6.07, 6.45) is 0. The van der Waals surface area contributed by atoms with Crippen LogP contribution < -0.4 is 10.6 Å². The number of nitro groups is 1. The molecule has 3 aromatic carbocycles. The van der Waals surface area contributed by atoms with Crippen LogP contribution in [0.25, 0.3) is 0 Å². The third kappa shape index (κ3) is 5.68. The maximum Gasteiger partial charge on any atom is 0.269 e. The molecular formula is C22H19N3O4S. The molecule has 8 heteroatoms. The van der Waals surface area contributed by atoms with Crippen molar-refractivity contribution >= 4 is 40.6 Å². The fourth-order valence-electron chi connectivity index (χ4n) is 2.71. The number of benzene rings is 3. The molecule has 152 valence electrons. The highest BCUT2D eigenvalue weighted by Gasteiger charge is 2.14. The Kier molecular flexibility index (Phi) is 6.82. The number of aryl methyl sites for hydroxylation is 1. The van der Waals surface area contributed by atoms with E-state index in [1.54, 1.807) is 42.5 Å². The van der Waals surface area contributed by atoms with Gasteiger partial charge in [-0.1, -0.05) is 24.3 Å². The zero-order valence-electron chi connectivity index (χ0n) is 16.1. The first kappa shape index (κ1) is 21.1. The van der Waals surface area contributed by atoms with Crippen LogP contribution in [0, 0.1) is 17.0 Å². The number of para-hydroxylation sites is 1.